The molecule has 0 saturated carbocycles. The van der Waals surface area contributed by atoms with E-state index in [0.29, 0.717) is 28.0 Å². The Bertz CT molecular complexity index is 1720. The molecular formula is C30H30N2O5. The zero-order chi connectivity index (χ0) is 26.4. The molecule has 5 aromatic rings. The van der Waals surface area contributed by atoms with Gasteiger partial charge in [-0.1, -0.05) is 36.4 Å². The van der Waals surface area contributed by atoms with Crippen molar-refractivity contribution < 1.29 is 19.7 Å². The quantitative estimate of drug-likeness (QED) is 0.334. The Morgan fingerprint density at radius 3 is 2.11 bits per heavy atom. The minimum absolute atomic E-state index is 0.235. The second-order valence-corrected chi connectivity index (χ2v) is 9.29. The molecule has 0 unspecified atom stereocenters. The smallest absolute Gasteiger partial charge is 0.259 e. The van der Waals surface area contributed by atoms with Crippen LogP contribution < -0.4 is 19.9 Å². The number of pyridine rings is 1. The van der Waals surface area contributed by atoms with Crippen LogP contribution in [0.15, 0.2) is 59.4 Å². The molecule has 4 aromatic carbocycles. The third kappa shape index (κ3) is 3.70. The highest BCUT2D eigenvalue weighted by Gasteiger charge is 2.22. The van der Waals surface area contributed by atoms with E-state index in [1.165, 1.54) is 0 Å². The van der Waals surface area contributed by atoms with Crippen LogP contribution in [-0.2, 0) is 20.3 Å². The number of aryl methyl sites for hydroxylation is 1. The second kappa shape index (κ2) is 9.42. The lowest BCUT2D eigenvalue weighted by atomic mass is 9.92. The Morgan fingerprint density at radius 1 is 0.838 bits per heavy atom. The van der Waals surface area contributed by atoms with Crippen molar-refractivity contribution in [1.82, 2.24) is 4.57 Å². The molecule has 0 fully saturated rings. The van der Waals surface area contributed by atoms with Crippen LogP contribution in [-0.4, -0.2) is 43.1 Å². The Labute approximate surface area is 214 Å². The van der Waals surface area contributed by atoms with Gasteiger partial charge in [0.2, 0.25) is 0 Å². The highest BCUT2D eigenvalue weighted by atomic mass is 16.5. The summed E-state index contributed by atoms with van der Waals surface area (Å²) in [7, 11) is 8.96. The molecule has 0 aliphatic heterocycles. The first-order valence-electron chi connectivity index (χ1n) is 12.0. The number of fused-ring (bicyclic) bond motifs is 5. The summed E-state index contributed by atoms with van der Waals surface area (Å²) in [6.45, 7) is -0.586. The third-order valence-electron chi connectivity index (χ3n) is 7.19. The third-order valence-corrected chi connectivity index (χ3v) is 7.19. The maximum Gasteiger partial charge on any atom is 0.259 e. The molecule has 5 rings (SSSR count). The maximum atomic E-state index is 13.7. The first-order valence-corrected chi connectivity index (χ1v) is 12.0. The molecule has 0 radical (unpaired) electrons. The van der Waals surface area contributed by atoms with Gasteiger partial charge in [-0.25, -0.2) is 0 Å². The molecule has 190 valence electrons. The molecule has 1 heterocycles. The number of aromatic nitrogens is 1. The van der Waals surface area contributed by atoms with Crippen LogP contribution >= 0.6 is 0 Å². The highest BCUT2D eigenvalue weighted by molar-refractivity contribution is 6.19. The summed E-state index contributed by atoms with van der Waals surface area (Å²) in [5.74, 6) is 1.18. The van der Waals surface area contributed by atoms with Crippen LogP contribution in [0.1, 0.15) is 11.1 Å². The average Bonchev–Trinajstić information content (AvgIpc) is 2.93. The summed E-state index contributed by atoms with van der Waals surface area (Å²) in [6, 6.07) is 17.8. The molecule has 7 nitrogen and oxygen atoms in total. The maximum absolute atomic E-state index is 13.7. The SMILES string of the molecule is COc1cc2c(ccc3c4ccc(CO)c(CO)c4c(=O)n(C)c23)c(-c2ccc(N(C)C)cc2)c1OC. The summed E-state index contributed by atoms with van der Waals surface area (Å²) in [4.78, 5) is 15.7. The average molecular weight is 499 g/mol. The van der Waals surface area contributed by atoms with Crippen molar-refractivity contribution in [1.29, 1.82) is 0 Å². The van der Waals surface area contributed by atoms with Gasteiger partial charge >= 0.3 is 0 Å². The zero-order valence-electron chi connectivity index (χ0n) is 21.6. The molecule has 2 N–H and O–H groups in total. The van der Waals surface area contributed by atoms with Crippen LogP contribution in [0.3, 0.4) is 0 Å². The number of rotatable bonds is 6. The predicted octanol–water partition coefficient (Wildman–Crippen LogP) is 4.58. The van der Waals surface area contributed by atoms with Crippen LogP contribution in [0.4, 0.5) is 5.69 Å². The fraction of sp³-hybridized carbons (Fsp3) is 0.233. The second-order valence-electron chi connectivity index (χ2n) is 9.29. The van der Waals surface area contributed by atoms with Gasteiger partial charge in [0.15, 0.2) is 11.5 Å². The molecule has 0 spiro atoms. The number of methoxy groups -OCH3 is 2. The van der Waals surface area contributed by atoms with Gasteiger partial charge in [0.25, 0.3) is 5.56 Å². The summed E-state index contributed by atoms with van der Waals surface area (Å²) in [5, 5.41) is 23.6. The number of nitrogens with zero attached hydrogens (tertiary/aromatic N) is 2. The Morgan fingerprint density at radius 2 is 1.51 bits per heavy atom. The van der Waals surface area contributed by atoms with Gasteiger partial charge < -0.3 is 29.2 Å². The molecular weight excluding hydrogens is 468 g/mol. The van der Waals surface area contributed by atoms with Gasteiger partial charge in [0, 0.05) is 43.2 Å². The lowest BCUT2D eigenvalue weighted by molar-refractivity contribution is 0.261. The largest absolute Gasteiger partial charge is 0.493 e. The summed E-state index contributed by atoms with van der Waals surface area (Å²) in [6.07, 6.45) is 0. The van der Waals surface area contributed by atoms with Crippen molar-refractivity contribution in [2.75, 3.05) is 33.2 Å². The van der Waals surface area contributed by atoms with Gasteiger partial charge in [0.1, 0.15) is 0 Å². The first kappa shape index (κ1) is 24.6. The van der Waals surface area contributed by atoms with E-state index in [0.717, 1.165) is 43.9 Å². The summed E-state index contributed by atoms with van der Waals surface area (Å²) < 4.78 is 13.2. The Kier molecular flexibility index (Phi) is 6.27. The first-order chi connectivity index (χ1) is 17.9. The van der Waals surface area contributed by atoms with Gasteiger partial charge in [-0.3, -0.25) is 4.79 Å². The van der Waals surface area contributed by atoms with Crippen molar-refractivity contribution in [3.05, 3.63) is 76.1 Å². The van der Waals surface area contributed by atoms with E-state index in [-0.39, 0.29) is 18.8 Å². The Hall–Kier alpha value is -4.07. The molecule has 7 heteroatoms. The van der Waals surface area contributed by atoms with Gasteiger partial charge in [-0.15, -0.1) is 0 Å². The normalized spacial score (nSPS) is 11.4. The fourth-order valence-electron chi connectivity index (χ4n) is 5.32. The number of ether oxygens (including phenoxy) is 2. The highest BCUT2D eigenvalue weighted by Crippen LogP contribution is 2.46. The van der Waals surface area contributed by atoms with Crippen LogP contribution in [0.2, 0.25) is 0 Å². The molecule has 0 bridgehead atoms. The van der Waals surface area contributed by atoms with E-state index in [1.807, 2.05) is 43.3 Å². The number of anilines is 1. The number of benzene rings is 4. The topological polar surface area (TPSA) is 84.2 Å². The van der Waals surface area contributed by atoms with Crippen LogP contribution in [0.25, 0.3) is 43.6 Å². The monoisotopic (exact) mass is 498 g/mol. The molecule has 0 saturated heterocycles. The van der Waals surface area contributed by atoms with E-state index in [2.05, 4.69) is 24.3 Å². The minimum atomic E-state index is -0.334. The lowest BCUT2D eigenvalue weighted by Gasteiger charge is -2.20. The van der Waals surface area contributed by atoms with Crippen molar-refractivity contribution in [3.8, 4) is 22.6 Å². The predicted molar refractivity (Wildman–Crippen MR) is 149 cm³/mol. The molecule has 37 heavy (non-hydrogen) atoms. The molecule has 0 aliphatic rings. The fourth-order valence-corrected chi connectivity index (χ4v) is 5.32. The zero-order valence-corrected chi connectivity index (χ0v) is 21.6. The summed E-state index contributed by atoms with van der Waals surface area (Å²) in [5.41, 5.74) is 4.44. The molecule has 0 atom stereocenters. The van der Waals surface area contributed by atoms with Crippen molar-refractivity contribution in [2.24, 2.45) is 7.05 Å². The van der Waals surface area contributed by atoms with Gasteiger partial charge in [-0.05, 0) is 45.7 Å². The van der Waals surface area contributed by atoms with Crippen molar-refractivity contribution >= 4 is 38.1 Å². The lowest BCUT2D eigenvalue weighted by Crippen LogP contribution is -2.19. The standard InChI is InChI=1S/C30H30N2O5/c1-31(2)19-9-6-17(7-10-19)26-21-12-13-22-20-11-8-18(15-33)24(16-34)27(20)30(35)32(3)28(22)23(21)14-25(36-4)29(26)37-5/h6-14,33-34H,15-16H2,1-5H3. The van der Waals surface area contributed by atoms with Crippen molar-refractivity contribution in [3.63, 3.8) is 0 Å². The number of aliphatic hydroxyl groups is 2. The van der Waals surface area contributed by atoms with E-state index in [9.17, 15) is 15.0 Å². The molecule has 1 aromatic heterocycles. The van der Waals surface area contributed by atoms with E-state index in [4.69, 9.17) is 9.47 Å². The molecule has 0 amide bonds. The van der Waals surface area contributed by atoms with E-state index >= 15 is 0 Å². The van der Waals surface area contributed by atoms with Crippen molar-refractivity contribution in [2.45, 2.75) is 13.2 Å². The molecule has 0 aliphatic carbocycles. The van der Waals surface area contributed by atoms with Gasteiger partial charge in [-0.2, -0.15) is 0 Å². The number of hydrogen-bond donors (Lipinski definition) is 2. The van der Waals surface area contributed by atoms with E-state index < -0.39 is 0 Å². The minimum Gasteiger partial charge on any atom is -0.493 e. The van der Waals surface area contributed by atoms with Crippen LogP contribution in [0, 0.1) is 0 Å². The summed E-state index contributed by atoms with van der Waals surface area (Å²) >= 11 is 0. The number of aliphatic hydroxyl groups excluding tert-OH is 2. The van der Waals surface area contributed by atoms with Crippen LogP contribution in [0.5, 0.6) is 11.5 Å². The Balaban J connectivity index is 1.96. The van der Waals surface area contributed by atoms with E-state index in [1.54, 1.807) is 31.9 Å². The van der Waals surface area contributed by atoms with Gasteiger partial charge in [0.05, 0.1) is 38.3 Å². The number of hydrogen-bond acceptors (Lipinski definition) is 6.